The van der Waals surface area contributed by atoms with Crippen molar-refractivity contribution in [3.63, 3.8) is 0 Å². The maximum Gasteiger partial charge on any atom is 0.258 e. The molecule has 0 spiro atoms. The minimum absolute atomic E-state index is 0.0148. The molecule has 1 amide bonds. The summed E-state index contributed by atoms with van der Waals surface area (Å²) in [7, 11) is -3.69. The Balaban J connectivity index is 1.41. The summed E-state index contributed by atoms with van der Waals surface area (Å²) in [6.45, 7) is 2.64. The van der Waals surface area contributed by atoms with Crippen molar-refractivity contribution in [1.82, 2.24) is 8.87 Å². The van der Waals surface area contributed by atoms with Crippen molar-refractivity contribution < 1.29 is 13.2 Å². The fourth-order valence-corrected chi connectivity index (χ4v) is 7.12. The van der Waals surface area contributed by atoms with Gasteiger partial charge in [0.2, 0.25) is 15.9 Å². The van der Waals surface area contributed by atoms with Crippen LogP contribution in [0, 0.1) is 5.92 Å². The molecule has 3 aromatic rings. The number of fused-ring (bicyclic) bond motifs is 4. The Morgan fingerprint density at radius 1 is 0.971 bits per heavy atom. The van der Waals surface area contributed by atoms with Crippen LogP contribution in [0.25, 0.3) is 11.1 Å². The Morgan fingerprint density at radius 3 is 2.34 bits per heavy atom. The van der Waals surface area contributed by atoms with Crippen LogP contribution < -0.4 is 10.9 Å². The zero-order chi connectivity index (χ0) is 24.7. The van der Waals surface area contributed by atoms with Gasteiger partial charge in [-0.1, -0.05) is 12.1 Å². The van der Waals surface area contributed by atoms with Crippen molar-refractivity contribution in [1.29, 1.82) is 0 Å². The Labute approximate surface area is 209 Å². The van der Waals surface area contributed by atoms with Crippen LogP contribution >= 0.6 is 11.8 Å². The number of benzene rings is 2. The third-order valence-corrected chi connectivity index (χ3v) is 9.37. The summed E-state index contributed by atoms with van der Waals surface area (Å²) in [4.78, 5) is 26.0. The number of sulfonamides is 1. The van der Waals surface area contributed by atoms with Gasteiger partial charge in [0.05, 0.1) is 4.90 Å². The van der Waals surface area contributed by atoms with E-state index in [0.717, 1.165) is 22.6 Å². The van der Waals surface area contributed by atoms with Gasteiger partial charge in [-0.25, -0.2) is 8.42 Å². The van der Waals surface area contributed by atoms with E-state index in [1.165, 1.54) is 19.1 Å². The zero-order valence-electron chi connectivity index (χ0n) is 19.6. The first kappa shape index (κ1) is 23.8. The van der Waals surface area contributed by atoms with Gasteiger partial charge in [0.15, 0.2) is 0 Å². The summed E-state index contributed by atoms with van der Waals surface area (Å²) in [5, 5.41) is 2.65. The van der Waals surface area contributed by atoms with Crippen LogP contribution in [0.5, 0.6) is 0 Å². The second-order valence-corrected chi connectivity index (χ2v) is 12.0. The lowest BCUT2D eigenvalue weighted by Gasteiger charge is -2.42. The molecule has 9 heteroatoms. The summed E-state index contributed by atoms with van der Waals surface area (Å²) in [6, 6.07) is 18.1. The molecule has 2 unspecified atom stereocenters. The fraction of sp³-hybridized carbons (Fsp3) is 0.308. The van der Waals surface area contributed by atoms with E-state index >= 15 is 0 Å². The van der Waals surface area contributed by atoms with E-state index in [1.807, 2.05) is 47.2 Å². The van der Waals surface area contributed by atoms with Crippen molar-refractivity contribution in [3.05, 3.63) is 76.7 Å². The summed E-state index contributed by atoms with van der Waals surface area (Å²) in [5.74, 6) is -0.170. The first-order valence-corrected chi connectivity index (χ1v) is 14.2. The average Bonchev–Trinajstić information content (AvgIpc) is 2.85. The largest absolute Gasteiger partial charge is 0.326 e. The predicted molar refractivity (Wildman–Crippen MR) is 138 cm³/mol. The van der Waals surface area contributed by atoms with Crippen molar-refractivity contribution >= 4 is 33.4 Å². The lowest BCUT2D eigenvalue weighted by Crippen LogP contribution is -2.49. The highest BCUT2D eigenvalue weighted by Crippen LogP contribution is 2.38. The highest BCUT2D eigenvalue weighted by Gasteiger charge is 2.39. The number of carbonyl (C=O) groups excluding carboxylic acids is 1. The molecular formula is C26H27N3O4S2. The SMILES string of the molecule is CSc1ccc(-c2ccc3n(c2=O)CC2CC3CN(S(=O)(=O)c3ccc(NC(C)=O)cc3)C2)cc1. The first-order chi connectivity index (χ1) is 16.8. The molecule has 3 heterocycles. The number of hydrogen-bond donors (Lipinski definition) is 1. The summed E-state index contributed by atoms with van der Waals surface area (Å²) in [6.07, 6.45) is 2.89. The number of carbonyl (C=O) groups is 1. The maximum absolute atomic E-state index is 13.4. The zero-order valence-corrected chi connectivity index (χ0v) is 21.2. The van der Waals surface area contributed by atoms with Gasteiger partial charge in [0, 0.05) is 54.3 Å². The summed E-state index contributed by atoms with van der Waals surface area (Å²) >= 11 is 1.66. The molecule has 0 saturated carbocycles. The monoisotopic (exact) mass is 509 g/mol. The molecule has 1 fully saturated rings. The number of anilines is 1. The van der Waals surface area contributed by atoms with E-state index in [4.69, 9.17) is 0 Å². The van der Waals surface area contributed by atoms with Crippen LogP contribution in [0.15, 0.2) is 75.2 Å². The number of thioether (sulfide) groups is 1. The van der Waals surface area contributed by atoms with E-state index in [0.29, 0.717) is 30.9 Å². The lowest BCUT2D eigenvalue weighted by molar-refractivity contribution is -0.114. The highest BCUT2D eigenvalue weighted by atomic mass is 32.2. The van der Waals surface area contributed by atoms with Gasteiger partial charge in [-0.3, -0.25) is 9.59 Å². The Hall–Kier alpha value is -2.88. The molecule has 2 aliphatic rings. The van der Waals surface area contributed by atoms with E-state index in [1.54, 1.807) is 28.2 Å². The van der Waals surface area contributed by atoms with Gasteiger partial charge in [-0.2, -0.15) is 4.31 Å². The average molecular weight is 510 g/mol. The second-order valence-electron chi connectivity index (χ2n) is 9.14. The number of amides is 1. The topological polar surface area (TPSA) is 88.5 Å². The lowest BCUT2D eigenvalue weighted by atomic mass is 9.84. The van der Waals surface area contributed by atoms with Crippen molar-refractivity contribution in [3.8, 4) is 11.1 Å². The normalized spacial score (nSPS) is 19.7. The number of aromatic nitrogens is 1. The Bertz CT molecular complexity index is 1430. The minimum atomic E-state index is -3.69. The fourth-order valence-electron chi connectivity index (χ4n) is 5.15. The molecule has 35 heavy (non-hydrogen) atoms. The molecule has 2 aromatic carbocycles. The highest BCUT2D eigenvalue weighted by molar-refractivity contribution is 7.98. The number of pyridine rings is 1. The van der Waals surface area contributed by atoms with Crippen LogP contribution in [-0.4, -0.2) is 42.5 Å². The van der Waals surface area contributed by atoms with Gasteiger partial charge in [0.25, 0.3) is 5.56 Å². The van der Waals surface area contributed by atoms with Gasteiger partial charge < -0.3 is 9.88 Å². The van der Waals surface area contributed by atoms with E-state index in [9.17, 15) is 18.0 Å². The molecular weight excluding hydrogens is 482 g/mol. The molecule has 2 bridgehead atoms. The first-order valence-electron chi connectivity index (χ1n) is 11.5. The molecule has 2 atom stereocenters. The van der Waals surface area contributed by atoms with Crippen molar-refractivity contribution in [2.75, 3.05) is 24.7 Å². The van der Waals surface area contributed by atoms with Crippen molar-refractivity contribution in [2.24, 2.45) is 5.92 Å². The third kappa shape index (κ3) is 4.55. The standard InChI is InChI=1S/C26H27N3O4S2/c1-17(30)27-21-5-9-23(10-6-21)35(32,33)28-14-18-13-20(16-28)25-12-11-24(26(31)29(25)15-18)19-3-7-22(34-2)8-4-19/h3-12,18,20H,13-16H2,1-2H3,(H,27,30). The van der Waals surface area contributed by atoms with Gasteiger partial charge in [0.1, 0.15) is 0 Å². The molecule has 0 radical (unpaired) electrons. The van der Waals surface area contributed by atoms with Gasteiger partial charge in [-0.15, -0.1) is 11.8 Å². The summed E-state index contributed by atoms with van der Waals surface area (Å²) < 4.78 is 30.2. The number of piperidine rings is 1. The molecule has 2 aliphatic heterocycles. The number of nitrogens with zero attached hydrogens (tertiary/aromatic N) is 2. The van der Waals surface area contributed by atoms with Crippen LogP contribution in [0.1, 0.15) is 25.0 Å². The Morgan fingerprint density at radius 2 is 1.69 bits per heavy atom. The molecule has 1 N–H and O–H groups in total. The molecule has 182 valence electrons. The molecule has 1 aromatic heterocycles. The van der Waals surface area contributed by atoms with E-state index in [-0.39, 0.29) is 28.2 Å². The minimum Gasteiger partial charge on any atom is -0.326 e. The van der Waals surface area contributed by atoms with Crippen LogP contribution in [0.3, 0.4) is 0 Å². The number of nitrogens with one attached hydrogen (secondary N) is 1. The number of rotatable bonds is 5. The Kier molecular flexibility index (Phi) is 6.33. The van der Waals surface area contributed by atoms with Crippen LogP contribution in [0.4, 0.5) is 5.69 Å². The smallest absolute Gasteiger partial charge is 0.258 e. The van der Waals surface area contributed by atoms with Crippen molar-refractivity contribution in [2.45, 2.75) is 35.6 Å². The quantitative estimate of drug-likeness (QED) is 0.525. The molecule has 1 saturated heterocycles. The molecule has 7 nitrogen and oxygen atoms in total. The maximum atomic E-state index is 13.4. The predicted octanol–water partition coefficient (Wildman–Crippen LogP) is 4.00. The van der Waals surface area contributed by atoms with E-state index in [2.05, 4.69) is 5.32 Å². The number of hydrogen-bond acceptors (Lipinski definition) is 5. The van der Waals surface area contributed by atoms with Crippen LogP contribution in [-0.2, 0) is 21.4 Å². The molecule has 0 aliphatic carbocycles. The van der Waals surface area contributed by atoms with E-state index < -0.39 is 10.0 Å². The molecule has 5 rings (SSSR count). The van der Waals surface area contributed by atoms with Gasteiger partial charge >= 0.3 is 0 Å². The second kappa shape index (κ2) is 9.29. The van der Waals surface area contributed by atoms with Gasteiger partial charge in [-0.05, 0) is 72.7 Å². The van der Waals surface area contributed by atoms with Crippen LogP contribution in [0.2, 0.25) is 0 Å². The summed E-state index contributed by atoms with van der Waals surface area (Å²) in [5.41, 5.74) is 3.01. The third-order valence-electron chi connectivity index (χ3n) is 6.78.